The number of alkyl halides is 4. The van der Waals surface area contributed by atoms with Crippen molar-refractivity contribution in [1.82, 2.24) is 0 Å². The van der Waals surface area contributed by atoms with Gasteiger partial charge in [-0.25, -0.2) is 0 Å². The topological polar surface area (TPSA) is 9.23 Å². The highest BCUT2D eigenvalue weighted by atomic mass is 19.3. The van der Waals surface area contributed by atoms with Crippen LogP contribution in [0.25, 0.3) is 0 Å². The second-order valence-corrected chi connectivity index (χ2v) is 2.73. The molecule has 0 fully saturated rings. The number of benzene rings is 1. The molecule has 0 aliphatic carbocycles. The lowest BCUT2D eigenvalue weighted by Crippen LogP contribution is -2.42. The van der Waals surface area contributed by atoms with Crippen LogP contribution in [0.4, 0.5) is 17.6 Å². The molecule has 0 atom stereocenters. The minimum atomic E-state index is -4.52. The van der Waals surface area contributed by atoms with Gasteiger partial charge in [-0.1, -0.05) is 18.2 Å². The third-order valence-electron chi connectivity index (χ3n) is 1.43. The summed E-state index contributed by atoms with van der Waals surface area (Å²) in [5.74, 6) is -4.64. The van der Waals surface area contributed by atoms with Crippen molar-refractivity contribution in [2.24, 2.45) is 0 Å². The van der Waals surface area contributed by atoms with E-state index in [1.807, 2.05) is 0 Å². The average Bonchev–Trinajstić information content (AvgIpc) is 2.03. The first-order valence-corrected chi connectivity index (χ1v) is 3.74. The number of rotatable bonds is 3. The molecule has 1 aromatic rings. The number of para-hydroxylation sites is 1. The van der Waals surface area contributed by atoms with Crippen molar-refractivity contribution in [2.45, 2.75) is 19.0 Å². The lowest BCUT2D eigenvalue weighted by atomic mass is 10.3. The van der Waals surface area contributed by atoms with Gasteiger partial charge in [-0.3, -0.25) is 0 Å². The van der Waals surface area contributed by atoms with E-state index in [2.05, 4.69) is 10.8 Å². The fraction of sp³-hybridized carbons (Fsp3) is 0.333. The molecule has 14 heavy (non-hydrogen) atoms. The zero-order valence-electron chi connectivity index (χ0n) is 7.23. The molecule has 0 amide bonds. The number of ether oxygens (including phenoxy) is 1. The smallest absolute Gasteiger partial charge is 0.427 e. The molecule has 0 bridgehead atoms. The third-order valence-corrected chi connectivity index (χ3v) is 1.43. The van der Waals surface area contributed by atoms with Crippen LogP contribution < -0.4 is 4.74 Å². The van der Waals surface area contributed by atoms with Gasteiger partial charge in [0.25, 0.3) is 0 Å². The summed E-state index contributed by atoms with van der Waals surface area (Å²) in [6, 6.07) is 7.57. The first kappa shape index (κ1) is 10.8. The van der Waals surface area contributed by atoms with Crippen LogP contribution in [-0.4, -0.2) is 12.0 Å². The summed E-state index contributed by atoms with van der Waals surface area (Å²) in [6.45, 7) is 0.0932. The van der Waals surface area contributed by atoms with Crippen molar-refractivity contribution in [3.63, 3.8) is 0 Å². The molecular weight excluding hydrogens is 200 g/mol. The van der Waals surface area contributed by atoms with Crippen molar-refractivity contribution in [2.75, 3.05) is 0 Å². The average molecular weight is 207 g/mol. The van der Waals surface area contributed by atoms with E-state index in [9.17, 15) is 17.6 Å². The van der Waals surface area contributed by atoms with E-state index in [4.69, 9.17) is 0 Å². The maximum absolute atomic E-state index is 12.6. The number of hydrogen-bond donors (Lipinski definition) is 0. The van der Waals surface area contributed by atoms with Crippen LogP contribution >= 0.6 is 0 Å². The Bertz CT molecular complexity index is 291. The highest BCUT2D eigenvalue weighted by Gasteiger charge is 2.55. The first-order chi connectivity index (χ1) is 6.33. The molecular formula is C9H7F4O. The van der Waals surface area contributed by atoms with Gasteiger partial charge in [0, 0.05) is 13.0 Å². The fourth-order valence-corrected chi connectivity index (χ4v) is 0.668. The molecule has 0 saturated heterocycles. The maximum atomic E-state index is 12.6. The lowest BCUT2D eigenvalue weighted by molar-refractivity contribution is -0.301. The molecule has 0 aliphatic heterocycles. The van der Waals surface area contributed by atoms with Crippen molar-refractivity contribution in [3.05, 3.63) is 30.3 Å². The molecule has 0 saturated carbocycles. The SMILES string of the molecule is CC(F)(F)C(F)(F)Oc1[c]cccc1. The Morgan fingerprint density at radius 1 is 1.21 bits per heavy atom. The molecule has 1 nitrogen and oxygen atoms in total. The minimum Gasteiger partial charge on any atom is -0.427 e. The van der Waals surface area contributed by atoms with Gasteiger partial charge in [-0.05, 0) is 6.07 Å². The Morgan fingerprint density at radius 3 is 2.29 bits per heavy atom. The highest BCUT2D eigenvalue weighted by molar-refractivity contribution is 5.19. The van der Waals surface area contributed by atoms with Gasteiger partial charge >= 0.3 is 12.0 Å². The number of halogens is 4. The molecule has 0 spiro atoms. The quantitative estimate of drug-likeness (QED) is 0.692. The van der Waals surface area contributed by atoms with E-state index in [-0.39, 0.29) is 6.92 Å². The van der Waals surface area contributed by atoms with E-state index in [1.54, 1.807) is 0 Å². The van der Waals surface area contributed by atoms with Crippen LogP contribution in [0.3, 0.4) is 0 Å². The summed E-state index contributed by atoms with van der Waals surface area (Å²) in [5.41, 5.74) is 0. The van der Waals surface area contributed by atoms with Gasteiger partial charge in [-0.2, -0.15) is 17.6 Å². The predicted octanol–water partition coefficient (Wildman–Crippen LogP) is 3.11. The van der Waals surface area contributed by atoms with Crippen LogP contribution in [0.5, 0.6) is 5.75 Å². The lowest BCUT2D eigenvalue weighted by Gasteiger charge is -2.23. The minimum absolute atomic E-state index is 0.0932. The van der Waals surface area contributed by atoms with Crippen LogP contribution in [0, 0.1) is 6.07 Å². The van der Waals surface area contributed by atoms with Crippen molar-refractivity contribution in [1.29, 1.82) is 0 Å². The molecule has 0 unspecified atom stereocenters. The highest BCUT2D eigenvalue weighted by Crippen LogP contribution is 2.35. The van der Waals surface area contributed by atoms with Gasteiger partial charge < -0.3 is 4.74 Å². The van der Waals surface area contributed by atoms with Crippen molar-refractivity contribution in [3.8, 4) is 5.75 Å². The molecule has 1 rings (SSSR count). The maximum Gasteiger partial charge on any atom is 0.463 e. The Morgan fingerprint density at radius 2 is 1.86 bits per heavy atom. The third kappa shape index (κ3) is 2.37. The molecule has 0 N–H and O–H groups in total. The van der Waals surface area contributed by atoms with Crippen LogP contribution in [0.2, 0.25) is 0 Å². The second-order valence-electron chi connectivity index (χ2n) is 2.73. The van der Waals surface area contributed by atoms with Gasteiger partial charge in [0.2, 0.25) is 0 Å². The van der Waals surface area contributed by atoms with E-state index in [1.165, 1.54) is 18.2 Å². The summed E-state index contributed by atoms with van der Waals surface area (Å²) < 4.78 is 53.7. The Balaban J connectivity index is 2.79. The first-order valence-electron chi connectivity index (χ1n) is 3.74. The Labute approximate surface area is 78.3 Å². The molecule has 1 aromatic carbocycles. The van der Waals surface area contributed by atoms with Crippen LogP contribution in [0.15, 0.2) is 24.3 Å². The molecule has 5 heteroatoms. The summed E-state index contributed by atoms with van der Waals surface area (Å²) in [5, 5.41) is 0. The summed E-state index contributed by atoms with van der Waals surface area (Å²) in [7, 11) is 0. The second kappa shape index (κ2) is 3.48. The predicted molar refractivity (Wildman–Crippen MR) is 41.5 cm³/mol. The van der Waals surface area contributed by atoms with Crippen molar-refractivity contribution < 1.29 is 22.3 Å². The molecule has 0 aliphatic rings. The van der Waals surface area contributed by atoms with E-state index in [0.717, 1.165) is 6.07 Å². The van der Waals surface area contributed by atoms with E-state index < -0.39 is 17.8 Å². The molecule has 0 aromatic heterocycles. The Hall–Kier alpha value is -1.26. The van der Waals surface area contributed by atoms with Gasteiger partial charge in [0.1, 0.15) is 5.75 Å². The van der Waals surface area contributed by atoms with Crippen molar-refractivity contribution >= 4 is 0 Å². The summed E-state index contributed by atoms with van der Waals surface area (Å²) in [4.78, 5) is 0. The molecule has 0 heterocycles. The zero-order valence-corrected chi connectivity index (χ0v) is 7.23. The zero-order chi connectivity index (χ0) is 10.8. The van der Waals surface area contributed by atoms with Crippen LogP contribution in [-0.2, 0) is 0 Å². The monoisotopic (exact) mass is 207 g/mol. The van der Waals surface area contributed by atoms with E-state index in [0.29, 0.717) is 0 Å². The van der Waals surface area contributed by atoms with Gasteiger partial charge in [0.15, 0.2) is 0 Å². The van der Waals surface area contributed by atoms with E-state index >= 15 is 0 Å². The van der Waals surface area contributed by atoms with Gasteiger partial charge in [-0.15, -0.1) is 0 Å². The molecule has 1 radical (unpaired) electrons. The summed E-state index contributed by atoms with van der Waals surface area (Å²) in [6.07, 6.45) is -4.52. The standard InChI is InChI=1S/C9H7F4O/c1-8(10,11)9(12,13)14-7-5-3-2-4-6-7/h2-5H,1H3. The molecule has 77 valence electrons. The normalized spacial score (nSPS) is 12.6. The summed E-state index contributed by atoms with van der Waals surface area (Å²) >= 11 is 0. The fourth-order valence-electron chi connectivity index (χ4n) is 0.668. The van der Waals surface area contributed by atoms with Gasteiger partial charge in [0.05, 0.1) is 0 Å². The largest absolute Gasteiger partial charge is 0.463 e. The van der Waals surface area contributed by atoms with Crippen LogP contribution in [0.1, 0.15) is 6.92 Å². The number of hydrogen-bond acceptors (Lipinski definition) is 1. The Kier molecular flexibility index (Phi) is 2.69.